The van der Waals surface area contributed by atoms with Gasteiger partial charge in [-0.2, -0.15) is 0 Å². The van der Waals surface area contributed by atoms with Crippen molar-refractivity contribution in [2.45, 2.75) is 10.8 Å². The number of benzene rings is 2. The SMILES string of the molecule is CNc1ccc(F)c(NC(=O)c2cc(NC(=O)C3CC3(Cl)Cl)cc(F)c2Cl)c1F. The van der Waals surface area contributed by atoms with E-state index >= 15 is 0 Å². The normalized spacial score (nSPS) is 16.9. The molecule has 0 radical (unpaired) electrons. The molecule has 2 aromatic carbocycles. The number of amides is 2. The Morgan fingerprint density at radius 1 is 1.10 bits per heavy atom. The van der Waals surface area contributed by atoms with E-state index in [1.54, 1.807) is 0 Å². The number of anilines is 3. The monoisotopic (exact) mass is 465 g/mol. The lowest BCUT2D eigenvalue weighted by atomic mass is 10.1. The number of hydrogen-bond donors (Lipinski definition) is 3. The summed E-state index contributed by atoms with van der Waals surface area (Å²) in [7, 11) is 1.41. The molecule has 1 fully saturated rings. The molecule has 0 saturated heterocycles. The second kappa shape index (κ2) is 7.93. The number of halogens is 6. The van der Waals surface area contributed by atoms with Crippen molar-refractivity contribution in [3.63, 3.8) is 0 Å². The first-order valence-corrected chi connectivity index (χ1v) is 9.33. The topological polar surface area (TPSA) is 70.2 Å². The minimum atomic E-state index is -1.19. The van der Waals surface area contributed by atoms with Gasteiger partial charge < -0.3 is 16.0 Å². The van der Waals surface area contributed by atoms with Crippen LogP contribution in [0.25, 0.3) is 0 Å². The van der Waals surface area contributed by atoms with Gasteiger partial charge in [-0.05, 0) is 30.7 Å². The van der Waals surface area contributed by atoms with E-state index in [0.29, 0.717) is 0 Å². The maximum absolute atomic E-state index is 14.3. The molecule has 0 heterocycles. The number of carbonyl (C=O) groups excluding carboxylic acids is 2. The van der Waals surface area contributed by atoms with Crippen LogP contribution in [0.1, 0.15) is 16.8 Å². The molecule has 29 heavy (non-hydrogen) atoms. The molecule has 1 unspecified atom stereocenters. The summed E-state index contributed by atoms with van der Waals surface area (Å²) in [5.41, 5.74) is -1.33. The maximum Gasteiger partial charge on any atom is 0.257 e. The Morgan fingerprint density at radius 3 is 2.34 bits per heavy atom. The summed E-state index contributed by atoms with van der Waals surface area (Å²) < 4.78 is 41.2. The van der Waals surface area contributed by atoms with Crippen LogP contribution in [-0.2, 0) is 4.79 Å². The Morgan fingerprint density at radius 2 is 1.76 bits per heavy atom. The minimum Gasteiger partial charge on any atom is -0.386 e. The molecule has 1 aliphatic rings. The number of nitrogens with one attached hydrogen (secondary N) is 3. The van der Waals surface area contributed by atoms with Gasteiger partial charge in [0.1, 0.15) is 21.7 Å². The molecule has 1 saturated carbocycles. The number of carbonyl (C=O) groups is 2. The van der Waals surface area contributed by atoms with E-state index in [1.807, 2.05) is 5.32 Å². The van der Waals surface area contributed by atoms with E-state index in [0.717, 1.165) is 24.3 Å². The van der Waals surface area contributed by atoms with E-state index in [4.69, 9.17) is 34.8 Å². The number of alkyl halides is 2. The van der Waals surface area contributed by atoms with Crippen molar-refractivity contribution in [3.8, 4) is 0 Å². The predicted octanol–water partition coefficient (Wildman–Crippen LogP) is 5.18. The number of hydrogen-bond acceptors (Lipinski definition) is 3. The van der Waals surface area contributed by atoms with Gasteiger partial charge in [-0.3, -0.25) is 9.59 Å². The summed E-state index contributed by atoms with van der Waals surface area (Å²) in [5.74, 6) is -5.43. The van der Waals surface area contributed by atoms with Crippen molar-refractivity contribution in [3.05, 3.63) is 52.3 Å². The smallest absolute Gasteiger partial charge is 0.257 e. The molecule has 11 heteroatoms. The van der Waals surface area contributed by atoms with Crippen molar-refractivity contribution >= 4 is 63.7 Å². The molecule has 1 atom stereocenters. The molecule has 2 aromatic rings. The van der Waals surface area contributed by atoms with Gasteiger partial charge >= 0.3 is 0 Å². The average molecular weight is 467 g/mol. The molecule has 2 amide bonds. The number of rotatable bonds is 5. The van der Waals surface area contributed by atoms with E-state index in [1.165, 1.54) is 7.05 Å². The van der Waals surface area contributed by atoms with E-state index < -0.39 is 55.8 Å². The summed E-state index contributed by atoms with van der Waals surface area (Å²) >= 11 is 17.5. The van der Waals surface area contributed by atoms with Crippen LogP contribution in [0.3, 0.4) is 0 Å². The predicted molar refractivity (Wildman–Crippen MR) is 106 cm³/mol. The standard InChI is InChI=1S/C18H13Cl3F3N3O2/c1-25-12-3-2-10(22)15(14(12)24)27-16(28)8-4-7(5-11(23)13(8)19)26-17(29)9-6-18(9,20)21/h2-5,9,25H,6H2,1H3,(H,26,29)(H,27,28). The molecule has 0 bridgehead atoms. The maximum atomic E-state index is 14.3. The Balaban J connectivity index is 1.88. The van der Waals surface area contributed by atoms with Crippen LogP contribution in [-0.4, -0.2) is 23.2 Å². The highest BCUT2D eigenvalue weighted by Gasteiger charge is 2.56. The lowest BCUT2D eigenvalue weighted by molar-refractivity contribution is -0.117. The molecule has 154 valence electrons. The van der Waals surface area contributed by atoms with Gasteiger partial charge in [-0.1, -0.05) is 11.6 Å². The highest BCUT2D eigenvalue weighted by atomic mass is 35.5. The Kier molecular flexibility index (Phi) is 5.89. The summed E-state index contributed by atoms with van der Waals surface area (Å²) in [5, 5.41) is 6.33. The second-order valence-electron chi connectivity index (χ2n) is 6.31. The summed E-state index contributed by atoms with van der Waals surface area (Å²) in [6.07, 6.45) is 0.228. The van der Waals surface area contributed by atoms with Gasteiger partial charge in [-0.15, -0.1) is 23.2 Å². The largest absolute Gasteiger partial charge is 0.386 e. The zero-order chi connectivity index (χ0) is 21.5. The lowest BCUT2D eigenvalue weighted by Crippen LogP contribution is -2.19. The van der Waals surface area contributed by atoms with Crippen molar-refractivity contribution in [2.24, 2.45) is 5.92 Å². The highest BCUT2D eigenvalue weighted by Crippen LogP contribution is 2.53. The molecule has 0 spiro atoms. The first-order valence-electron chi connectivity index (χ1n) is 8.20. The fourth-order valence-corrected chi connectivity index (χ4v) is 3.30. The van der Waals surface area contributed by atoms with Gasteiger partial charge in [0.2, 0.25) is 5.91 Å². The first-order chi connectivity index (χ1) is 13.5. The summed E-state index contributed by atoms with van der Waals surface area (Å²) in [4.78, 5) is 24.6. The first kappa shape index (κ1) is 21.5. The van der Waals surface area contributed by atoms with Crippen LogP contribution < -0.4 is 16.0 Å². The highest BCUT2D eigenvalue weighted by molar-refractivity contribution is 6.52. The van der Waals surface area contributed by atoms with Crippen molar-refractivity contribution in [1.82, 2.24) is 0 Å². The van der Waals surface area contributed by atoms with E-state index in [2.05, 4.69) is 10.6 Å². The molecule has 1 aliphatic carbocycles. The Labute approximate surface area is 178 Å². The minimum absolute atomic E-state index is 0.0601. The Hall–Kier alpha value is -2.16. The van der Waals surface area contributed by atoms with Gasteiger partial charge in [0, 0.05) is 12.7 Å². The molecular weight excluding hydrogens is 454 g/mol. The Bertz CT molecular complexity index is 1020. The van der Waals surface area contributed by atoms with Crippen LogP contribution in [0.4, 0.5) is 30.2 Å². The van der Waals surface area contributed by atoms with Gasteiger partial charge in [0.25, 0.3) is 5.91 Å². The molecular formula is C18H13Cl3F3N3O2. The second-order valence-corrected chi connectivity index (χ2v) is 8.24. The molecule has 0 aliphatic heterocycles. The molecule has 3 N–H and O–H groups in total. The third-order valence-electron chi connectivity index (χ3n) is 4.28. The van der Waals surface area contributed by atoms with Gasteiger partial charge in [0.15, 0.2) is 5.82 Å². The van der Waals surface area contributed by atoms with Crippen LogP contribution in [0.5, 0.6) is 0 Å². The van der Waals surface area contributed by atoms with Crippen molar-refractivity contribution < 1.29 is 22.8 Å². The van der Waals surface area contributed by atoms with E-state index in [-0.39, 0.29) is 17.8 Å². The fourth-order valence-electron chi connectivity index (χ4n) is 2.59. The molecule has 3 rings (SSSR count). The summed E-state index contributed by atoms with van der Waals surface area (Å²) in [6, 6.07) is 4.06. The third-order valence-corrected chi connectivity index (χ3v) is 5.50. The molecule has 5 nitrogen and oxygen atoms in total. The van der Waals surface area contributed by atoms with Crippen LogP contribution in [0, 0.1) is 23.4 Å². The van der Waals surface area contributed by atoms with Gasteiger partial charge in [0.05, 0.1) is 22.2 Å². The van der Waals surface area contributed by atoms with Crippen LogP contribution >= 0.6 is 34.8 Å². The average Bonchev–Trinajstić information content (AvgIpc) is 3.30. The zero-order valence-corrected chi connectivity index (χ0v) is 16.9. The lowest BCUT2D eigenvalue weighted by Gasteiger charge is -2.13. The van der Waals surface area contributed by atoms with Crippen molar-refractivity contribution in [2.75, 3.05) is 23.0 Å². The van der Waals surface area contributed by atoms with Crippen molar-refractivity contribution in [1.29, 1.82) is 0 Å². The quantitative estimate of drug-likeness (QED) is 0.532. The van der Waals surface area contributed by atoms with E-state index in [9.17, 15) is 22.8 Å². The van der Waals surface area contributed by atoms with Crippen LogP contribution in [0.15, 0.2) is 24.3 Å². The third kappa shape index (κ3) is 4.39. The van der Waals surface area contributed by atoms with Crippen LogP contribution in [0.2, 0.25) is 5.02 Å². The summed E-state index contributed by atoms with van der Waals surface area (Å²) in [6.45, 7) is 0. The fraction of sp³-hybridized carbons (Fsp3) is 0.222. The van der Waals surface area contributed by atoms with Gasteiger partial charge in [-0.25, -0.2) is 13.2 Å². The zero-order valence-electron chi connectivity index (χ0n) is 14.7. The molecule has 0 aromatic heterocycles.